The van der Waals surface area contributed by atoms with Gasteiger partial charge in [0, 0.05) is 10.5 Å². The second kappa shape index (κ2) is 6.31. The van der Waals surface area contributed by atoms with Crippen molar-refractivity contribution >= 4 is 17.5 Å². The summed E-state index contributed by atoms with van der Waals surface area (Å²) in [5, 5.41) is 0. The summed E-state index contributed by atoms with van der Waals surface area (Å²) >= 11 is 1.77. The molecule has 0 unspecified atom stereocenters. The lowest BCUT2D eigenvalue weighted by Crippen LogP contribution is -1.96. The largest absolute Gasteiger partial charge is 0.293 e. The van der Waals surface area contributed by atoms with Gasteiger partial charge in [-0.1, -0.05) is 25.0 Å². The zero-order chi connectivity index (χ0) is 11.1. The molecule has 0 fully saturated rings. The molecule has 0 bridgehead atoms. The molecule has 1 rings (SSSR count). The molecule has 0 saturated heterocycles. The molecule has 0 atom stereocenters. The van der Waals surface area contributed by atoms with Crippen LogP contribution >= 0.6 is 11.8 Å². The summed E-state index contributed by atoms with van der Waals surface area (Å²) in [6, 6.07) is 7.72. The molecule has 0 aliphatic heterocycles. The number of hydrogen-bond donors (Lipinski definition) is 0. The number of benzene rings is 1. The minimum absolute atomic E-state index is 0.0948. The lowest BCUT2D eigenvalue weighted by atomic mass is 10.1. The summed E-state index contributed by atoms with van der Waals surface area (Å²) in [4.78, 5) is 12.8. The van der Waals surface area contributed by atoms with E-state index in [1.54, 1.807) is 18.7 Å². The van der Waals surface area contributed by atoms with Gasteiger partial charge in [0.2, 0.25) is 0 Å². The molecule has 0 saturated carbocycles. The average molecular weight is 218 g/mol. The Morgan fingerprint density at radius 1 is 1.33 bits per heavy atom. The predicted molar refractivity (Wildman–Crippen MR) is 65.2 cm³/mol. The zero-order valence-corrected chi connectivity index (χ0v) is 9.86. The molecule has 1 aromatic rings. The number of hydrogen-bond acceptors (Lipinski definition) is 2. The van der Waals surface area contributed by atoms with E-state index < -0.39 is 0 Å². The van der Waals surface area contributed by atoms with Crippen LogP contribution in [0.15, 0.2) is 29.2 Å². The van der Waals surface area contributed by atoms with E-state index in [1.807, 2.05) is 24.3 Å². The van der Waals surface area contributed by atoms with Crippen LogP contribution in [0.2, 0.25) is 0 Å². The summed E-state index contributed by atoms with van der Waals surface area (Å²) in [5.74, 6) is 6.65. The monoisotopic (exact) mass is 218 g/mol. The second-order valence-electron chi connectivity index (χ2n) is 2.98. The minimum Gasteiger partial charge on any atom is -0.293 e. The second-order valence-corrected chi connectivity index (χ2v) is 4.32. The molecular formula is C13H14OS. The minimum atomic E-state index is 0.0948. The van der Waals surface area contributed by atoms with E-state index in [4.69, 9.17) is 0 Å². The fourth-order valence-corrected chi connectivity index (χ4v) is 1.84. The van der Waals surface area contributed by atoms with Crippen molar-refractivity contribution in [1.82, 2.24) is 0 Å². The third-order valence-corrected chi connectivity index (χ3v) is 2.81. The van der Waals surface area contributed by atoms with Gasteiger partial charge in [0.05, 0.1) is 6.42 Å². The maximum atomic E-state index is 11.6. The van der Waals surface area contributed by atoms with Crippen molar-refractivity contribution < 1.29 is 4.79 Å². The van der Waals surface area contributed by atoms with Crippen LogP contribution in [0.4, 0.5) is 0 Å². The Bertz CT molecular complexity index is 381. The van der Waals surface area contributed by atoms with Gasteiger partial charge in [0.25, 0.3) is 0 Å². The Balaban J connectivity index is 2.69. The number of carbonyl (C=O) groups is 1. The molecule has 0 spiro atoms. The molecule has 0 aliphatic rings. The Morgan fingerprint density at radius 3 is 2.53 bits per heavy atom. The Morgan fingerprint density at radius 2 is 2.00 bits per heavy atom. The SMILES string of the molecule is CC#CCC(=O)c1ccc(SCC)cc1. The average Bonchev–Trinajstić information content (AvgIpc) is 2.27. The van der Waals surface area contributed by atoms with Crippen molar-refractivity contribution in [2.45, 2.75) is 25.2 Å². The third kappa shape index (κ3) is 3.81. The van der Waals surface area contributed by atoms with Crippen LogP contribution in [-0.4, -0.2) is 11.5 Å². The molecule has 1 nitrogen and oxygen atoms in total. The first-order valence-electron chi connectivity index (χ1n) is 4.93. The highest BCUT2D eigenvalue weighted by atomic mass is 32.2. The van der Waals surface area contributed by atoms with E-state index in [9.17, 15) is 4.79 Å². The molecule has 0 heterocycles. The fourth-order valence-electron chi connectivity index (χ4n) is 1.17. The van der Waals surface area contributed by atoms with Crippen LogP contribution < -0.4 is 0 Å². The van der Waals surface area contributed by atoms with E-state index in [-0.39, 0.29) is 5.78 Å². The van der Waals surface area contributed by atoms with Crippen LogP contribution in [-0.2, 0) is 0 Å². The van der Waals surface area contributed by atoms with E-state index >= 15 is 0 Å². The van der Waals surface area contributed by atoms with Gasteiger partial charge in [-0.05, 0) is 24.8 Å². The standard InChI is InChI=1S/C13H14OS/c1-3-5-6-13(14)11-7-9-12(10-8-11)15-4-2/h7-10H,4,6H2,1-2H3. The summed E-state index contributed by atoms with van der Waals surface area (Å²) in [7, 11) is 0. The molecular weight excluding hydrogens is 204 g/mol. The number of carbonyl (C=O) groups excluding carboxylic acids is 1. The summed E-state index contributed by atoms with van der Waals surface area (Å²) < 4.78 is 0. The van der Waals surface area contributed by atoms with Gasteiger partial charge in [0.1, 0.15) is 0 Å². The lowest BCUT2D eigenvalue weighted by molar-refractivity contribution is 0.0998. The third-order valence-electron chi connectivity index (χ3n) is 1.91. The Kier molecular flexibility index (Phi) is 5.00. The van der Waals surface area contributed by atoms with Gasteiger partial charge >= 0.3 is 0 Å². The molecule has 0 aliphatic carbocycles. The van der Waals surface area contributed by atoms with Gasteiger partial charge in [-0.3, -0.25) is 4.79 Å². The first kappa shape index (κ1) is 11.9. The number of thioether (sulfide) groups is 1. The van der Waals surface area contributed by atoms with Crippen LogP contribution in [0, 0.1) is 11.8 Å². The zero-order valence-electron chi connectivity index (χ0n) is 9.04. The summed E-state index contributed by atoms with van der Waals surface area (Å²) in [6.07, 6.45) is 0.316. The van der Waals surface area contributed by atoms with Crippen LogP contribution in [0.25, 0.3) is 0 Å². The van der Waals surface area contributed by atoms with Gasteiger partial charge in [0.15, 0.2) is 5.78 Å². The van der Waals surface area contributed by atoms with Crippen molar-refractivity contribution in [3.63, 3.8) is 0 Å². The fraction of sp³-hybridized carbons (Fsp3) is 0.308. The highest BCUT2D eigenvalue weighted by molar-refractivity contribution is 7.99. The van der Waals surface area contributed by atoms with Crippen LogP contribution in [0.1, 0.15) is 30.6 Å². The maximum Gasteiger partial charge on any atom is 0.174 e. The van der Waals surface area contributed by atoms with Crippen molar-refractivity contribution in [3.8, 4) is 11.8 Å². The summed E-state index contributed by atoms with van der Waals surface area (Å²) in [6.45, 7) is 3.86. The van der Waals surface area contributed by atoms with Crippen LogP contribution in [0.3, 0.4) is 0 Å². The van der Waals surface area contributed by atoms with Gasteiger partial charge < -0.3 is 0 Å². The number of rotatable bonds is 4. The molecule has 0 amide bonds. The van der Waals surface area contributed by atoms with E-state index in [0.29, 0.717) is 6.42 Å². The van der Waals surface area contributed by atoms with Crippen molar-refractivity contribution in [2.75, 3.05) is 5.75 Å². The molecule has 2 heteroatoms. The molecule has 0 radical (unpaired) electrons. The normalized spacial score (nSPS) is 9.20. The summed E-state index contributed by atoms with van der Waals surface area (Å²) in [5.41, 5.74) is 0.748. The highest BCUT2D eigenvalue weighted by Gasteiger charge is 2.03. The number of Topliss-reactive ketones (excluding diaryl/α,β-unsaturated/α-hetero) is 1. The van der Waals surface area contributed by atoms with E-state index in [1.165, 1.54) is 4.90 Å². The lowest BCUT2D eigenvalue weighted by Gasteiger charge is -2.00. The smallest absolute Gasteiger partial charge is 0.174 e. The van der Waals surface area contributed by atoms with E-state index in [0.717, 1.165) is 11.3 Å². The Labute approximate surface area is 95.3 Å². The number of ketones is 1. The van der Waals surface area contributed by atoms with Crippen molar-refractivity contribution in [3.05, 3.63) is 29.8 Å². The molecule has 78 valence electrons. The topological polar surface area (TPSA) is 17.1 Å². The van der Waals surface area contributed by atoms with E-state index in [2.05, 4.69) is 18.8 Å². The van der Waals surface area contributed by atoms with Crippen molar-refractivity contribution in [1.29, 1.82) is 0 Å². The predicted octanol–water partition coefficient (Wildman–Crippen LogP) is 3.39. The first-order valence-corrected chi connectivity index (χ1v) is 5.92. The Hall–Kier alpha value is -1.20. The first-order chi connectivity index (χ1) is 7.27. The maximum absolute atomic E-state index is 11.6. The van der Waals surface area contributed by atoms with Crippen LogP contribution in [0.5, 0.6) is 0 Å². The molecule has 15 heavy (non-hydrogen) atoms. The van der Waals surface area contributed by atoms with Gasteiger partial charge in [-0.2, -0.15) is 0 Å². The molecule has 0 aromatic heterocycles. The van der Waals surface area contributed by atoms with Gasteiger partial charge in [-0.15, -0.1) is 17.7 Å². The quantitative estimate of drug-likeness (QED) is 0.438. The van der Waals surface area contributed by atoms with Gasteiger partial charge in [-0.25, -0.2) is 0 Å². The highest BCUT2D eigenvalue weighted by Crippen LogP contribution is 2.18. The van der Waals surface area contributed by atoms with Crippen molar-refractivity contribution in [2.24, 2.45) is 0 Å². The molecule has 1 aromatic carbocycles. The molecule has 0 N–H and O–H groups in total.